The van der Waals surface area contributed by atoms with E-state index in [-0.39, 0.29) is 0 Å². The van der Waals surface area contributed by atoms with Gasteiger partial charge in [-0.3, -0.25) is 4.90 Å². The van der Waals surface area contributed by atoms with E-state index in [0.29, 0.717) is 6.04 Å². The molecule has 0 fully saturated rings. The quantitative estimate of drug-likeness (QED) is 0.442. The van der Waals surface area contributed by atoms with Crippen molar-refractivity contribution in [3.05, 3.63) is 106 Å². The summed E-state index contributed by atoms with van der Waals surface area (Å²) in [5, 5.41) is 1.62. The Labute approximate surface area is 166 Å². The van der Waals surface area contributed by atoms with E-state index in [1.807, 2.05) is 36.4 Å². The predicted octanol–water partition coefficient (Wildman–Crippen LogP) is 6.63. The maximum atomic E-state index is 6.41. The van der Waals surface area contributed by atoms with Gasteiger partial charge in [-0.25, -0.2) is 0 Å². The van der Waals surface area contributed by atoms with Gasteiger partial charge in [0.2, 0.25) is 0 Å². The summed E-state index contributed by atoms with van der Waals surface area (Å²) in [5.74, 6) is 0. The highest BCUT2D eigenvalue weighted by molar-refractivity contribution is 6.31. The summed E-state index contributed by atoms with van der Waals surface area (Å²) in [6, 6.07) is 27.1. The molecular formula is C23H23Cl2N. The molecule has 0 amide bonds. The summed E-state index contributed by atoms with van der Waals surface area (Å²) < 4.78 is 0. The largest absolute Gasteiger partial charge is 0.292 e. The van der Waals surface area contributed by atoms with Crippen LogP contribution in [-0.2, 0) is 19.5 Å². The lowest BCUT2D eigenvalue weighted by Gasteiger charge is -2.30. The van der Waals surface area contributed by atoms with Gasteiger partial charge in [0.05, 0.1) is 0 Å². The molecule has 0 saturated heterocycles. The lowest BCUT2D eigenvalue weighted by molar-refractivity contribution is 0.189. The molecule has 3 aromatic carbocycles. The van der Waals surface area contributed by atoms with Crippen molar-refractivity contribution >= 4 is 23.2 Å². The van der Waals surface area contributed by atoms with Gasteiger partial charge >= 0.3 is 0 Å². The van der Waals surface area contributed by atoms with Crippen LogP contribution in [0.5, 0.6) is 0 Å². The monoisotopic (exact) mass is 383 g/mol. The van der Waals surface area contributed by atoms with Gasteiger partial charge in [-0.05, 0) is 42.2 Å². The third-order valence-corrected chi connectivity index (χ3v) is 5.40. The number of rotatable bonds is 7. The Morgan fingerprint density at radius 2 is 1.15 bits per heavy atom. The van der Waals surface area contributed by atoms with Crippen molar-refractivity contribution in [3.63, 3.8) is 0 Å². The molecule has 0 aliphatic rings. The van der Waals surface area contributed by atoms with E-state index in [1.54, 1.807) is 0 Å². The molecule has 0 aliphatic heterocycles. The Balaban J connectivity index is 1.83. The molecule has 0 spiro atoms. The normalized spacial score (nSPS) is 12.3. The maximum Gasteiger partial charge on any atom is 0.0451 e. The minimum absolute atomic E-state index is 0.352. The second-order valence-corrected chi connectivity index (χ2v) is 7.44. The van der Waals surface area contributed by atoms with E-state index in [2.05, 4.69) is 54.3 Å². The summed E-state index contributed by atoms with van der Waals surface area (Å²) >= 11 is 12.8. The molecular weight excluding hydrogens is 361 g/mol. The molecule has 0 saturated carbocycles. The molecule has 3 aromatic rings. The van der Waals surface area contributed by atoms with Crippen LogP contribution in [0.4, 0.5) is 0 Å². The third-order valence-electron chi connectivity index (χ3n) is 4.66. The van der Waals surface area contributed by atoms with Gasteiger partial charge in [0.1, 0.15) is 0 Å². The number of benzene rings is 3. The van der Waals surface area contributed by atoms with Crippen molar-refractivity contribution in [2.24, 2.45) is 0 Å². The predicted molar refractivity (Wildman–Crippen MR) is 112 cm³/mol. The van der Waals surface area contributed by atoms with Crippen molar-refractivity contribution in [2.45, 2.75) is 32.5 Å². The zero-order chi connectivity index (χ0) is 18.4. The second-order valence-electron chi connectivity index (χ2n) is 6.63. The van der Waals surface area contributed by atoms with E-state index < -0.39 is 0 Å². The maximum absolute atomic E-state index is 6.41. The Morgan fingerprint density at radius 1 is 0.692 bits per heavy atom. The summed E-state index contributed by atoms with van der Waals surface area (Å²) in [5.41, 5.74) is 3.62. The van der Waals surface area contributed by atoms with E-state index in [0.717, 1.165) is 40.7 Å². The van der Waals surface area contributed by atoms with E-state index in [1.165, 1.54) is 5.56 Å². The number of halogens is 2. The first-order chi connectivity index (χ1) is 12.6. The van der Waals surface area contributed by atoms with Crippen LogP contribution in [0.1, 0.15) is 23.6 Å². The Hall–Kier alpha value is -1.80. The fraction of sp³-hybridized carbons (Fsp3) is 0.217. The van der Waals surface area contributed by atoms with Crippen LogP contribution in [-0.4, -0.2) is 10.9 Å². The Morgan fingerprint density at radius 3 is 1.65 bits per heavy atom. The zero-order valence-electron chi connectivity index (χ0n) is 14.9. The minimum Gasteiger partial charge on any atom is -0.292 e. The first-order valence-corrected chi connectivity index (χ1v) is 9.64. The molecule has 0 unspecified atom stereocenters. The topological polar surface area (TPSA) is 3.24 Å². The van der Waals surface area contributed by atoms with Crippen LogP contribution in [0.2, 0.25) is 10.0 Å². The fourth-order valence-corrected chi connectivity index (χ4v) is 3.53. The minimum atomic E-state index is 0.352. The summed E-state index contributed by atoms with van der Waals surface area (Å²) in [4.78, 5) is 2.44. The highest BCUT2D eigenvalue weighted by atomic mass is 35.5. The molecule has 1 nitrogen and oxygen atoms in total. The third kappa shape index (κ3) is 5.11. The molecule has 0 aliphatic carbocycles. The van der Waals surface area contributed by atoms with Gasteiger partial charge in [0.25, 0.3) is 0 Å². The lowest BCUT2D eigenvalue weighted by atomic mass is 10.0. The van der Waals surface area contributed by atoms with Crippen molar-refractivity contribution in [1.82, 2.24) is 4.90 Å². The number of hydrogen-bond donors (Lipinski definition) is 0. The highest BCUT2D eigenvalue weighted by Crippen LogP contribution is 2.24. The van der Waals surface area contributed by atoms with Crippen molar-refractivity contribution in [3.8, 4) is 0 Å². The van der Waals surface area contributed by atoms with E-state index in [9.17, 15) is 0 Å². The van der Waals surface area contributed by atoms with Gasteiger partial charge in [0, 0.05) is 29.2 Å². The SMILES string of the molecule is C[C@H](Cc1ccccc1)N(Cc1ccccc1Cl)Cc1ccccc1Cl. The van der Waals surface area contributed by atoms with Crippen LogP contribution in [0.3, 0.4) is 0 Å². The molecule has 134 valence electrons. The average Bonchev–Trinajstić information content (AvgIpc) is 2.65. The van der Waals surface area contributed by atoms with Crippen molar-refractivity contribution in [1.29, 1.82) is 0 Å². The summed E-state index contributed by atoms with van der Waals surface area (Å²) in [6.07, 6.45) is 0.982. The van der Waals surface area contributed by atoms with E-state index in [4.69, 9.17) is 23.2 Å². The number of hydrogen-bond acceptors (Lipinski definition) is 1. The van der Waals surface area contributed by atoms with Crippen molar-refractivity contribution in [2.75, 3.05) is 0 Å². The van der Waals surface area contributed by atoms with Crippen LogP contribution in [0.25, 0.3) is 0 Å². The van der Waals surface area contributed by atoms with Crippen LogP contribution >= 0.6 is 23.2 Å². The lowest BCUT2D eigenvalue weighted by Crippen LogP contribution is -2.34. The summed E-state index contributed by atoms with van der Waals surface area (Å²) in [7, 11) is 0. The van der Waals surface area contributed by atoms with Crippen LogP contribution in [0, 0.1) is 0 Å². The first kappa shape index (κ1) is 19.0. The van der Waals surface area contributed by atoms with Gasteiger partial charge < -0.3 is 0 Å². The number of nitrogens with zero attached hydrogens (tertiary/aromatic N) is 1. The molecule has 3 rings (SSSR count). The fourth-order valence-electron chi connectivity index (χ4n) is 3.14. The van der Waals surface area contributed by atoms with Crippen LogP contribution < -0.4 is 0 Å². The van der Waals surface area contributed by atoms with Gasteiger partial charge in [-0.15, -0.1) is 0 Å². The van der Waals surface area contributed by atoms with E-state index >= 15 is 0 Å². The van der Waals surface area contributed by atoms with Gasteiger partial charge in [-0.1, -0.05) is 89.9 Å². The summed E-state index contributed by atoms with van der Waals surface area (Å²) in [6.45, 7) is 3.85. The molecule has 0 N–H and O–H groups in total. The molecule has 0 heterocycles. The second kappa shape index (κ2) is 9.23. The molecule has 3 heteroatoms. The van der Waals surface area contributed by atoms with Gasteiger partial charge in [0.15, 0.2) is 0 Å². The highest BCUT2D eigenvalue weighted by Gasteiger charge is 2.17. The zero-order valence-corrected chi connectivity index (χ0v) is 16.4. The molecule has 0 aromatic heterocycles. The van der Waals surface area contributed by atoms with Crippen molar-refractivity contribution < 1.29 is 0 Å². The Bertz CT molecular complexity index is 785. The van der Waals surface area contributed by atoms with Gasteiger partial charge in [-0.2, -0.15) is 0 Å². The molecule has 1 atom stereocenters. The van der Waals surface area contributed by atoms with Crippen LogP contribution in [0.15, 0.2) is 78.9 Å². The smallest absolute Gasteiger partial charge is 0.0451 e. The molecule has 0 bridgehead atoms. The Kier molecular flexibility index (Phi) is 6.73. The molecule has 0 radical (unpaired) electrons. The standard InChI is InChI=1S/C23H23Cl2N/c1-18(15-19-9-3-2-4-10-19)26(16-20-11-5-7-13-22(20)24)17-21-12-6-8-14-23(21)25/h2-14,18H,15-17H2,1H3/t18-/m1/s1. The first-order valence-electron chi connectivity index (χ1n) is 8.88. The molecule has 26 heavy (non-hydrogen) atoms. The average molecular weight is 384 g/mol.